The van der Waals surface area contributed by atoms with Crippen LogP contribution in [0.5, 0.6) is 0 Å². The number of methoxy groups -OCH3 is 2. The standard InChI is InChI=1S/C12H13NO5/c1-17-11(15)9(12(16)18-2)10(14)13-8-6-4-3-5-7-8/h3-7,9H,1-2H3,(H,13,14). The van der Waals surface area contributed by atoms with Crippen LogP contribution in [0.25, 0.3) is 0 Å². The summed E-state index contributed by atoms with van der Waals surface area (Å²) in [5.74, 6) is -4.34. The lowest BCUT2D eigenvalue weighted by molar-refractivity contribution is -0.160. The topological polar surface area (TPSA) is 81.7 Å². The van der Waals surface area contributed by atoms with Gasteiger partial charge in [0.05, 0.1) is 14.2 Å². The molecule has 18 heavy (non-hydrogen) atoms. The van der Waals surface area contributed by atoms with Crippen molar-refractivity contribution < 1.29 is 23.9 Å². The van der Waals surface area contributed by atoms with Crippen LogP contribution >= 0.6 is 0 Å². The number of esters is 2. The number of carbonyl (C=O) groups is 3. The van der Waals surface area contributed by atoms with Crippen LogP contribution in [0.4, 0.5) is 5.69 Å². The maximum atomic E-state index is 11.8. The Morgan fingerprint density at radius 1 is 1.00 bits per heavy atom. The van der Waals surface area contributed by atoms with E-state index in [1.165, 1.54) is 0 Å². The molecule has 1 aromatic rings. The molecule has 0 aliphatic rings. The summed E-state index contributed by atoms with van der Waals surface area (Å²) in [5, 5.41) is 2.43. The molecule has 0 unspecified atom stereocenters. The molecule has 0 saturated carbocycles. The molecule has 1 N–H and O–H groups in total. The summed E-state index contributed by atoms with van der Waals surface area (Å²) in [7, 11) is 2.18. The van der Waals surface area contributed by atoms with Crippen molar-refractivity contribution in [2.75, 3.05) is 19.5 Å². The first-order valence-corrected chi connectivity index (χ1v) is 5.11. The van der Waals surface area contributed by atoms with Crippen molar-refractivity contribution in [2.45, 2.75) is 0 Å². The van der Waals surface area contributed by atoms with E-state index in [9.17, 15) is 14.4 Å². The Hall–Kier alpha value is -2.37. The lowest BCUT2D eigenvalue weighted by Gasteiger charge is -2.12. The van der Waals surface area contributed by atoms with Gasteiger partial charge in [0.25, 0.3) is 0 Å². The van der Waals surface area contributed by atoms with E-state index >= 15 is 0 Å². The van der Waals surface area contributed by atoms with Gasteiger partial charge in [0.2, 0.25) is 11.8 Å². The van der Waals surface area contributed by atoms with Crippen LogP contribution in [-0.4, -0.2) is 32.1 Å². The van der Waals surface area contributed by atoms with Crippen LogP contribution < -0.4 is 5.32 Å². The van der Waals surface area contributed by atoms with E-state index in [1.54, 1.807) is 30.3 Å². The second-order valence-electron chi connectivity index (χ2n) is 3.33. The fraction of sp³-hybridized carbons (Fsp3) is 0.250. The van der Waals surface area contributed by atoms with Crippen molar-refractivity contribution in [1.82, 2.24) is 0 Å². The van der Waals surface area contributed by atoms with Crippen molar-refractivity contribution >= 4 is 23.5 Å². The third-order valence-electron chi connectivity index (χ3n) is 2.18. The van der Waals surface area contributed by atoms with E-state index in [0.29, 0.717) is 5.69 Å². The zero-order valence-electron chi connectivity index (χ0n) is 10.0. The molecule has 1 aromatic carbocycles. The first-order chi connectivity index (χ1) is 8.60. The highest BCUT2D eigenvalue weighted by Gasteiger charge is 2.36. The van der Waals surface area contributed by atoms with Gasteiger partial charge in [-0.3, -0.25) is 14.4 Å². The van der Waals surface area contributed by atoms with Crippen LogP contribution in [0.3, 0.4) is 0 Å². The molecule has 0 atom stereocenters. The van der Waals surface area contributed by atoms with Crippen molar-refractivity contribution in [3.63, 3.8) is 0 Å². The quantitative estimate of drug-likeness (QED) is 0.625. The maximum Gasteiger partial charge on any atom is 0.329 e. The smallest absolute Gasteiger partial charge is 0.329 e. The van der Waals surface area contributed by atoms with Gasteiger partial charge in [0.1, 0.15) is 0 Å². The molecule has 0 fully saturated rings. The second kappa shape index (κ2) is 6.39. The SMILES string of the molecule is COC(=O)C(C(=O)Nc1ccccc1)C(=O)OC. The molecule has 96 valence electrons. The van der Waals surface area contributed by atoms with Gasteiger partial charge in [-0.2, -0.15) is 0 Å². The van der Waals surface area contributed by atoms with Gasteiger partial charge in [0, 0.05) is 5.69 Å². The summed E-state index contributed by atoms with van der Waals surface area (Å²) in [4.78, 5) is 34.5. The Bertz CT molecular complexity index is 427. The molecule has 0 aromatic heterocycles. The highest BCUT2D eigenvalue weighted by atomic mass is 16.5. The van der Waals surface area contributed by atoms with Crippen molar-refractivity contribution in [3.05, 3.63) is 30.3 Å². The van der Waals surface area contributed by atoms with Gasteiger partial charge in [0.15, 0.2) is 0 Å². The highest BCUT2D eigenvalue weighted by molar-refractivity contribution is 6.18. The number of rotatable bonds is 4. The Balaban J connectivity index is 2.83. The van der Waals surface area contributed by atoms with Crippen LogP contribution in [0, 0.1) is 5.92 Å². The molecule has 0 bridgehead atoms. The number of nitrogens with one attached hydrogen (secondary N) is 1. The zero-order chi connectivity index (χ0) is 13.5. The fourth-order valence-corrected chi connectivity index (χ4v) is 1.28. The Kier molecular flexibility index (Phi) is 4.86. The summed E-state index contributed by atoms with van der Waals surface area (Å²) in [6.07, 6.45) is 0. The summed E-state index contributed by atoms with van der Waals surface area (Å²) in [6, 6.07) is 8.45. The summed E-state index contributed by atoms with van der Waals surface area (Å²) < 4.78 is 8.79. The van der Waals surface area contributed by atoms with E-state index in [2.05, 4.69) is 14.8 Å². The lowest BCUT2D eigenvalue weighted by atomic mass is 10.1. The predicted octanol–water partition coefficient (Wildman–Crippen LogP) is 0.587. The number of benzene rings is 1. The lowest BCUT2D eigenvalue weighted by Crippen LogP contribution is -2.37. The normalized spacial score (nSPS) is 9.72. The average molecular weight is 251 g/mol. The largest absolute Gasteiger partial charge is 0.468 e. The van der Waals surface area contributed by atoms with Crippen LogP contribution in [0.2, 0.25) is 0 Å². The first kappa shape index (κ1) is 13.7. The van der Waals surface area contributed by atoms with Crippen LogP contribution in [0.15, 0.2) is 30.3 Å². The Labute approximate surface area is 104 Å². The van der Waals surface area contributed by atoms with Crippen molar-refractivity contribution in [1.29, 1.82) is 0 Å². The van der Waals surface area contributed by atoms with Gasteiger partial charge in [-0.15, -0.1) is 0 Å². The maximum absolute atomic E-state index is 11.8. The Morgan fingerprint density at radius 3 is 1.94 bits per heavy atom. The first-order valence-electron chi connectivity index (χ1n) is 5.11. The monoisotopic (exact) mass is 251 g/mol. The van der Waals surface area contributed by atoms with E-state index in [1.807, 2.05) is 0 Å². The fourth-order valence-electron chi connectivity index (χ4n) is 1.28. The zero-order valence-corrected chi connectivity index (χ0v) is 10.0. The van der Waals surface area contributed by atoms with Crippen LogP contribution in [0.1, 0.15) is 0 Å². The number of ether oxygens (including phenoxy) is 2. The summed E-state index contributed by atoms with van der Waals surface area (Å²) in [6.45, 7) is 0. The minimum Gasteiger partial charge on any atom is -0.468 e. The van der Waals surface area contributed by atoms with Gasteiger partial charge in [-0.25, -0.2) is 0 Å². The van der Waals surface area contributed by atoms with Crippen molar-refractivity contribution in [2.24, 2.45) is 5.92 Å². The predicted molar refractivity (Wildman–Crippen MR) is 62.6 cm³/mol. The number of amides is 1. The summed E-state index contributed by atoms with van der Waals surface area (Å²) in [5.41, 5.74) is 0.473. The van der Waals surface area contributed by atoms with Gasteiger partial charge >= 0.3 is 11.9 Å². The number of anilines is 1. The second-order valence-corrected chi connectivity index (χ2v) is 3.33. The summed E-state index contributed by atoms with van der Waals surface area (Å²) >= 11 is 0. The molecular formula is C12H13NO5. The molecule has 1 rings (SSSR count). The van der Waals surface area contributed by atoms with E-state index < -0.39 is 23.8 Å². The van der Waals surface area contributed by atoms with Crippen LogP contribution in [-0.2, 0) is 23.9 Å². The molecule has 6 heteroatoms. The van der Waals surface area contributed by atoms with E-state index in [-0.39, 0.29) is 0 Å². The molecule has 6 nitrogen and oxygen atoms in total. The Morgan fingerprint density at radius 2 is 1.50 bits per heavy atom. The van der Waals surface area contributed by atoms with Gasteiger partial charge < -0.3 is 14.8 Å². The molecule has 0 heterocycles. The van der Waals surface area contributed by atoms with E-state index in [4.69, 9.17) is 0 Å². The number of para-hydroxylation sites is 1. The number of carbonyl (C=O) groups excluding carboxylic acids is 3. The molecule has 0 aliphatic carbocycles. The number of hydrogen-bond donors (Lipinski definition) is 1. The molecule has 0 aliphatic heterocycles. The molecular weight excluding hydrogens is 238 g/mol. The molecule has 0 spiro atoms. The molecule has 1 amide bonds. The average Bonchev–Trinajstić information content (AvgIpc) is 2.39. The third-order valence-corrected chi connectivity index (χ3v) is 2.18. The highest BCUT2D eigenvalue weighted by Crippen LogP contribution is 2.10. The van der Waals surface area contributed by atoms with E-state index in [0.717, 1.165) is 14.2 Å². The van der Waals surface area contributed by atoms with Gasteiger partial charge in [-0.1, -0.05) is 18.2 Å². The minimum atomic E-state index is -1.62. The van der Waals surface area contributed by atoms with Crippen molar-refractivity contribution in [3.8, 4) is 0 Å². The minimum absolute atomic E-state index is 0.473. The third kappa shape index (κ3) is 3.31. The number of hydrogen-bond acceptors (Lipinski definition) is 5. The van der Waals surface area contributed by atoms with Gasteiger partial charge in [-0.05, 0) is 12.1 Å². The molecule has 0 saturated heterocycles. The molecule has 0 radical (unpaired) electrons.